The van der Waals surface area contributed by atoms with Gasteiger partial charge < -0.3 is 0 Å². The Bertz CT molecular complexity index is 369. The van der Waals surface area contributed by atoms with Crippen LogP contribution in [0, 0.1) is 0 Å². The van der Waals surface area contributed by atoms with Crippen LogP contribution in [-0.4, -0.2) is 42.7 Å². The molecule has 0 aliphatic heterocycles. The van der Waals surface area contributed by atoms with Crippen molar-refractivity contribution in [3.8, 4) is 5.69 Å². The van der Waals surface area contributed by atoms with Gasteiger partial charge in [0.1, 0.15) is 0 Å². The molecule has 2 rings (SSSR count). The van der Waals surface area contributed by atoms with Gasteiger partial charge in [0.05, 0.1) is 0 Å². The third kappa shape index (κ3) is 1.58. The fourth-order valence-corrected chi connectivity index (χ4v) is 1.40. The molecule has 0 spiro atoms. The number of pyridine rings is 1. The molecule has 0 amide bonds. The molecule has 2 heterocycles. The van der Waals surface area contributed by atoms with E-state index in [9.17, 15) is 0 Å². The Hall–Kier alpha value is -0.640. The van der Waals surface area contributed by atoms with E-state index in [1.165, 1.54) is 2.81 Å². The zero-order valence-electron chi connectivity index (χ0n) is 6.81. The minimum atomic E-state index is 1.01. The van der Waals surface area contributed by atoms with E-state index in [2.05, 4.69) is 10.1 Å². The Morgan fingerprint density at radius 1 is 1.33 bits per heavy atom. The van der Waals surface area contributed by atoms with Gasteiger partial charge in [0.25, 0.3) is 0 Å². The van der Waals surface area contributed by atoms with Gasteiger partial charge in [0.15, 0.2) is 0 Å². The Labute approximate surface area is 87.8 Å². The molecule has 0 aliphatic rings. The first-order valence-corrected chi connectivity index (χ1v) is 4.78. The molecular weight excluding hydrogens is 161 g/mol. The summed E-state index contributed by atoms with van der Waals surface area (Å²) in [6.45, 7) is 0. The average Bonchev–Trinajstić information content (AvgIpc) is 2.54. The molecule has 0 fully saturated rings. The molecule has 54 valence electrons. The summed E-state index contributed by atoms with van der Waals surface area (Å²) in [5.74, 6) is 0. The molecule has 2 aromatic heterocycles. The van der Waals surface area contributed by atoms with Gasteiger partial charge in [-0.15, -0.1) is 0 Å². The van der Waals surface area contributed by atoms with E-state index in [0.717, 1.165) is 33.6 Å². The molecular formula is C8H6N3Na. The van der Waals surface area contributed by atoms with Gasteiger partial charge in [-0.05, 0) is 0 Å². The maximum atomic E-state index is 4.20. The SMILES string of the molecule is [Na][c]1cnn(-c2cccnc2)c1. The summed E-state index contributed by atoms with van der Waals surface area (Å²) in [4.78, 5) is 4.02. The fraction of sp³-hybridized carbons (Fsp3) is 0. The van der Waals surface area contributed by atoms with E-state index in [1.54, 1.807) is 12.4 Å². The number of nitrogens with zero attached hydrogens (tertiary/aromatic N) is 3. The van der Waals surface area contributed by atoms with Crippen LogP contribution in [0.25, 0.3) is 5.69 Å². The summed E-state index contributed by atoms with van der Waals surface area (Å²) in [5, 5.41) is 4.20. The van der Waals surface area contributed by atoms with Gasteiger partial charge in [0, 0.05) is 0 Å². The number of hydrogen-bond donors (Lipinski definition) is 0. The fourth-order valence-electron chi connectivity index (χ4n) is 1.04. The van der Waals surface area contributed by atoms with E-state index in [4.69, 9.17) is 0 Å². The maximum absolute atomic E-state index is 4.20. The predicted octanol–water partition coefficient (Wildman–Crippen LogP) is 0.0611. The molecule has 3 nitrogen and oxygen atoms in total. The quantitative estimate of drug-likeness (QED) is 0.562. The van der Waals surface area contributed by atoms with Crippen molar-refractivity contribution >= 4 is 30.7 Å². The molecule has 2 aromatic rings. The monoisotopic (exact) mass is 167 g/mol. The zero-order valence-corrected chi connectivity index (χ0v) is 8.81. The first kappa shape index (κ1) is 7.98. The molecule has 0 radical (unpaired) electrons. The van der Waals surface area contributed by atoms with Crippen molar-refractivity contribution in [2.75, 3.05) is 0 Å². The van der Waals surface area contributed by atoms with Crippen LogP contribution in [0.1, 0.15) is 0 Å². The van der Waals surface area contributed by atoms with Crippen LogP contribution in [-0.2, 0) is 0 Å². The van der Waals surface area contributed by atoms with Gasteiger partial charge in [-0.2, -0.15) is 0 Å². The topological polar surface area (TPSA) is 30.7 Å². The van der Waals surface area contributed by atoms with E-state index < -0.39 is 0 Å². The van der Waals surface area contributed by atoms with Gasteiger partial charge in [0.2, 0.25) is 0 Å². The van der Waals surface area contributed by atoms with Crippen LogP contribution in [0.4, 0.5) is 0 Å². The zero-order chi connectivity index (χ0) is 8.39. The molecule has 0 aromatic carbocycles. The summed E-state index contributed by atoms with van der Waals surface area (Å²) in [7, 11) is 0. The van der Waals surface area contributed by atoms with Gasteiger partial charge in [-0.1, -0.05) is 0 Å². The molecule has 0 atom stereocenters. The second kappa shape index (κ2) is 3.39. The second-order valence-electron chi connectivity index (χ2n) is 2.67. The molecule has 12 heavy (non-hydrogen) atoms. The van der Waals surface area contributed by atoms with Crippen molar-refractivity contribution < 1.29 is 0 Å². The van der Waals surface area contributed by atoms with Crippen LogP contribution in [0.5, 0.6) is 0 Å². The number of rotatable bonds is 1. The first-order chi connectivity index (χ1) is 5.86. The van der Waals surface area contributed by atoms with Gasteiger partial charge in [-0.3, -0.25) is 0 Å². The Kier molecular flexibility index (Phi) is 2.26. The molecule has 0 aliphatic carbocycles. The van der Waals surface area contributed by atoms with Crippen molar-refractivity contribution in [1.82, 2.24) is 14.8 Å². The van der Waals surface area contributed by atoms with Crippen LogP contribution in [0.2, 0.25) is 0 Å². The van der Waals surface area contributed by atoms with Crippen molar-refractivity contribution in [2.24, 2.45) is 0 Å². The van der Waals surface area contributed by atoms with Crippen LogP contribution in [0.3, 0.4) is 0 Å². The third-order valence-electron chi connectivity index (χ3n) is 1.62. The van der Waals surface area contributed by atoms with Gasteiger partial charge >= 0.3 is 88.1 Å². The molecule has 4 heteroatoms. The van der Waals surface area contributed by atoms with Crippen molar-refractivity contribution in [2.45, 2.75) is 0 Å². The van der Waals surface area contributed by atoms with E-state index in [1.807, 2.05) is 29.2 Å². The van der Waals surface area contributed by atoms with Crippen LogP contribution < -0.4 is 2.81 Å². The minimum absolute atomic E-state index is 1.01. The Morgan fingerprint density at radius 2 is 2.25 bits per heavy atom. The van der Waals surface area contributed by atoms with E-state index in [0.29, 0.717) is 0 Å². The van der Waals surface area contributed by atoms with E-state index in [-0.39, 0.29) is 0 Å². The standard InChI is InChI=1S/C8H6N3.Na/c1-3-8(7-9-4-1)11-6-2-5-10-11;/h1,3-7H;. The summed E-state index contributed by atoms with van der Waals surface area (Å²) >= 11 is 1.04. The molecule has 0 bridgehead atoms. The summed E-state index contributed by atoms with van der Waals surface area (Å²) in [5.41, 5.74) is 1.01. The Morgan fingerprint density at radius 3 is 2.83 bits per heavy atom. The summed E-state index contributed by atoms with van der Waals surface area (Å²) < 4.78 is 3.13. The predicted molar refractivity (Wildman–Crippen MR) is 46.7 cm³/mol. The van der Waals surface area contributed by atoms with Crippen molar-refractivity contribution in [1.29, 1.82) is 0 Å². The molecule has 0 N–H and O–H groups in total. The number of aromatic nitrogens is 3. The molecule has 0 saturated heterocycles. The average molecular weight is 167 g/mol. The Balaban J connectivity index is 2.45. The van der Waals surface area contributed by atoms with Gasteiger partial charge in [-0.25, -0.2) is 0 Å². The summed E-state index contributed by atoms with van der Waals surface area (Å²) in [6, 6.07) is 3.89. The van der Waals surface area contributed by atoms with Crippen molar-refractivity contribution in [3.05, 3.63) is 36.9 Å². The second-order valence-corrected chi connectivity index (χ2v) is 3.83. The molecule has 0 unspecified atom stereocenters. The summed E-state index contributed by atoms with van der Waals surface area (Å²) in [6.07, 6.45) is 7.48. The normalized spacial score (nSPS) is 10.2. The number of hydrogen-bond acceptors (Lipinski definition) is 2. The van der Waals surface area contributed by atoms with Crippen LogP contribution >= 0.6 is 0 Å². The van der Waals surface area contributed by atoms with Crippen LogP contribution in [0.15, 0.2) is 36.9 Å². The first-order valence-electron chi connectivity index (χ1n) is 3.78. The molecule has 0 saturated carbocycles. The van der Waals surface area contributed by atoms with E-state index >= 15 is 0 Å². The third-order valence-corrected chi connectivity index (χ3v) is 2.14. The van der Waals surface area contributed by atoms with Crippen molar-refractivity contribution in [3.63, 3.8) is 0 Å².